The summed E-state index contributed by atoms with van der Waals surface area (Å²) in [5, 5.41) is 12.0. The fraction of sp³-hybridized carbons (Fsp3) is 0. The Morgan fingerprint density at radius 1 is 1.12 bits per heavy atom. The lowest BCUT2D eigenvalue weighted by Gasteiger charge is -2.04. The molecule has 16 heavy (non-hydrogen) atoms. The van der Waals surface area contributed by atoms with Gasteiger partial charge in [-0.1, -0.05) is 48.5 Å². The number of hydrazone groups is 1. The molecule has 0 bridgehead atoms. The fourth-order valence-electron chi connectivity index (χ4n) is 1.54. The Morgan fingerprint density at radius 3 is 2.62 bits per heavy atom. The quantitative estimate of drug-likeness (QED) is 0.605. The van der Waals surface area contributed by atoms with Crippen LogP contribution in [0.3, 0.4) is 0 Å². The smallest absolute Gasteiger partial charge is 0.0571 e. The van der Waals surface area contributed by atoms with E-state index in [4.69, 9.17) is 5.21 Å². The second-order valence-electron chi connectivity index (χ2n) is 3.23. The average Bonchev–Trinajstić information content (AvgIpc) is 2.38. The van der Waals surface area contributed by atoms with Crippen LogP contribution in [0.1, 0.15) is 5.56 Å². The van der Waals surface area contributed by atoms with Crippen molar-refractivity contribution in [2.45, 2.75) is 0 Å². The zero-order valence-corrected chi connectivity index (χ0v) is 8.59. The number of nitrogens with zero attached hydrogens (tertiary/aromatic N) is 1. The van der Waals surface area contributed by atoms with Crippen LogP contribution in [0.4, 0.5) is 0 Å². The molecule has 3 nitrogen and oxygen atoms in total. The molecule has 2 N–H and O–H groups in total. The summed E-state index contributed by atoms with van der Waals surface area (Å²) in [7, 11) is 0. The molecule has 0 fully saturated rings. The third-order valence-electron chi connectivity index (χ3n) is 2.25. The van der Waals surface area contributed by atoms with Gasteiger partial charge in [-0.15, -0.1) is 0 Å². The maximum Gasteiger partial charge on any atom is 0.0571 e. The van der Waals surface area contributed by atoms with Crippen molar-refractivity contribution in [3.8, 4) is 11.1 Å². The molecule has 0 aromatic heterocycles. The zero-order chi connectivity index (χ0) is 11.2. The number of hydrogen-bond acceptors (Lipinski definition) is 3. The summed E-state index contributed by atoms with van der Waals surface area (Å²) in [6.45, 7) is 0. The van der Waals surface area contributed by atoms with E-state index in [1.54, 1.807) is 11.8 Å². The number of hydrogen-bond donors (Lipinski definition) is 2. The van der Waals surface area contributed by atoms with Crippen molar-refractivity contribution >= 4 is 6.21 Å². The number of nitrogens with one attached hydrogen (secondary N) is 1. The fourth-order valence-corrected chi connectivity index (χ4v) is 1.54. The van der Waals surface area contributed by atoms with Crippen LogP contribution >= 0.6 is 0 Å². The highest BCUT2D eigenvalue weighted by atomic mass is 16.5. The molecule has 0 saturated carbocycles. The van der Waals surface area contributed by atoms with Crippen molar-refractivity contribution in [2.75, 3.05) is 0 Å². The van der Waals surface area contributed by atoms with Gasteiger partial charge in [0, 0.05) is 5.56 Å². The monoisotopic (exact) mass is 211 g/mol. The standard InChI is InChI=1S/C13H11N2O/c16-15-14-10-12-8-4-5-9-13(12)11-6-2-1-3-7-11/h2-10,15-16H. The minimum absolute atomic E-state index is 0.940. The van der Waals surface area contributed by atoms with Crippen LogP contribution in [0.15, 0.2) is 53.6 Å². The molecule has 0 aliphatic heterocycles. The minimum Gasteiger partial charge on any atom is -0.274 e. The van der Waals surface area contributed by atoms with E-state index in [2.05, 4.69) is 11.2 Å². The molecule has 0 atom stereocenters. The molecule has 1 radical (unpaired) electrons. The highest BCUT2D eigenvalue weighted by molar-refractivity contribution is 5.90. The Bertz CT molecular complexity index is 480. The topological polar surface area (TPSA) is 44.6 Å². The van der Waals surface area contributed by atoms with Crippen LogP contribution in [0.2, 0.25) is 0 Å². The second-order valence-corrected chi connectivity index (χ2v) is 3.23. The molecular weight excluding hydrogens is 200 g/mol. The predicted octanol–water partition coefficient (Wildman–Crippen LogP) is 2.47. The third kappa shape index (κ3) is 2.27. The van der Waals surface area contributed by atoms with Crippen molar-refractivity contribution in [1.29, 1.82) is 0 Å². The summed E-state index contributed by atoms with van der Waals surface area (Å²) in [6, 6.07) is 18.5. The lowest BCUT2D eigenvalue weighted by atomic mass is 10.0. The van der Waals surface area contributed by atoms with Gasteiger partial charge in [0.2, 0.25) is 0 Å². The molecule has 3 heteroatoms. The Labute approximate surface area is 94.0 Å². The molecule has 0 unspecified atom stereocenters. The van der Waals surface area contributed by atoms with Gasteiger partial charge in [0.05, 0.1) is 6.21 Å². The molecule has 79 valence electrons. The van der Waals surface area contributed by atoms with Gasteiger partial charge in [0.1, 0.15) is 0 Å². The van der Waals surface area contributed by atoms with Crippen molar-refractivity contribution < 1.29 is 5.21 Å². The van der Waals surface area contributed by atoms with Gasteiger partial charge in [-0.05, 0) is 17.2 Å². The van der Waals surface area contributed by atoms with E-state index in [-0.39, 0.29) is 0 Å². The van der Waals surface area contributed by atoms with E-state index in [1.807, 2.05) is 48.5 Å². The van der Waals surface area contributed by atoms with E-state index in [9.17, 15) is 0 Å². The summed E-state index contributed by atoms with van der Waals surface area (Å²) in [5.41, 5.74) is 4.86. The molecule has 0 spiro atoms. The number of rotatable bonds is 3. The molecule has 0 aliphatic rings. The first-order valence-corrected chi connectivity index (χ1v) is 4.89. The van der Waals surface area contributed by atoms with Gasteiger partial charge in [-0.3, -0.25) is 5.21 Å². The first kappa shape index (κ1) is 10.4. The molecular formula is C13H11N2O. The number of benzene rings is 2. The normalized spacial score (nSPS) is 10.6. The van der Waals surface area contributed by atoms with Crippen molar-refractivity contribution in [3.05, 3.63) is 60.2 Å². The molecule has 2 aromatic carbocycles. The molecule has 0 saturated heterocycles. The van der Waals surface area contributed by atoms with Gasteiger partial charge in [0.25, 0.3) is 0 Å². The summed E-state index contributed by atoms with van der Waals surface area (Å²) in [4.78, 5) is 0. The van der Waals surface area contributed by atoms with Gasteiger partial charge in [-0.2, -0.15) is 10.7 Å². The van der Waals surface area contributed by atoms with E-state index < -0.39 is 0 Å². The van der Waals surface area contributed by atoms with Crippen LogP contribution in [-0.2, 0) is 0 Å². The van der Waals surface area contributed by atoms with Gasteiger partial charge < -0.3 is 0 Å². The molecule has 0 heterocycles. The van der Waals surface area contributed by atoms with Gasteiger partial charge in [0.15, 0.2) is 0 Å². The summed E-state index contributed by atoms with van der Waals surface area (Å²) >= 11 is 0. The molecule has 0 aliphatic carbocycles. The first-order chi connectivity index (χ1) is 7.92. The molecule has 2 rings (SSSR count). The summed E-state index contributed by atoms with van der Waals surface area (Å²) in [6.07, 6.45) is 1.58. The van der Waals surface area contributed by atoms with Gasteiger partial charge in [-0.25, -0.2) is 0 Å². The van der Waals surface area contributed by atoms with Crippen molar-refractivity contribution in [2.24, 2.45) is 5.10 Å². The first-order valence-electron chi connectivity index (χ1n) is 4.89. The van der Waals surface area contributed by atoms with Crippen LogP contribution in [0.5, 0.6) is 0 Å². The van der Waals surface area contributed by atoms with E-state index in [0.29, 0.717) is 0 Å². The predicted molar refractivity (Wildman–Crippen MR) is 63.2 cm³/mol. The van der Waals surface area contributed by atoms with Crippen molar-refractivity contribution in [1.82, 2.24) is 5.59 Å². The van der Waals surface area contributed by atoms with E-state index in [1.165, 1.54) is 0 Å². The highest BCUT2D eigenvalue weighted by Gasteiger charge is 2.01. The van der Waals surface area contributed by atoms with E-state index in [0.717, 1.165) is 16.7 Å². The maximum absolute atomic E-state index is 8.44. The van der Waals surface area contributed by atoms with Crippen LogP contribution in [0.25, 0.3) is 11.1 Å². The Morgan fingerprint density at radius 2 is 1.88 bits per heavy atom. The third-order valence-corrected chi connectivity index (χ3v) is 2.25. The SMILES string of the molecule is ONN=Cc1ccccc1-c1cc[c]cc1. The molecule has 0 amide bonds. The highest BCUT2D eigenvalue weighted by Crippen LogP contribution is 2.21. The average molecular weight is 211 g/mol. The second kappa shape index (κ2) is 5.09. The Hall–Kier alpha value is -2.13. The lowest BCUT2D eigenvalue weighted by molar-refractivity contribution is 0.173. The minimum atomic E-state index is 0.940. The van der Waals surface area contributed by atoms with Crippen LogP contribution < -0.4 is 5.59 Å². The Balaban J connectivity index is 2.45. The van der Waals surface area contributed by atoms with Crippen molar-refractivity contribution in [3.63, 3.8) is 0 Å². The van der Waals surface area contributed by atoms with Gasteiger partial charge >= 0.3 is 0 Å². The van der Waals surface area contributed by atoms with Crippen LogP contribution in [-0.4, -0.2) is 11.4 Å². The summed E-state index contributed by atoms with van der Waals surface area (Å²) < 4.78 is 0. The Kier molecular flexibility index (Phi) is 3.31. The van der Waals surface area contributed by atoms with Crippen LogP contribution in [0, 0.1) is 6.07 Å². The summed E-state index contributed by atoms with van der Waals surface area (Å²) in [5.74, 6) is 0. The molecule has 2 aromatic rings. The largest absolute Gasteiger partial charge is 0.274 e. The lowest BCUT2D eigenvalue weighted by Crippen LogP contribution is -1.97. The zero-order valence-electron chi connectivity index (χ0n) is 8.59. The van der Waals surface area contributed by atoms with E-state index >= 15 is 0 Å². The maximum atomic E-state index is 8.44.